The fraction of sp³-hybridized carbons (Fsp3) is 0.625. The van der Waals surface area contributed by atoms with Crippen LogP contribution in [0.3, 0.4) is 0 Å². The highest BCUT2D eigenvalue weighted by Crippen LogP contribution is 2.26. The van der Waals surface area contributed by atoms with E-state index in [1.54, 1.807) is 0 Å². The summed E-state index contributed by atoms with van der Waals surface area (Å²) < 4.78 is 0. The van der Waals surface area contributed by atoms with Gasteiger partial charge in [-0.25, -0.2) is 0 Å². The molecule has 1 N–H and O–H groups in total. The average Bonchev–Trinajstić information content (AvgIpc) is 2.68. The number of hydrogen-bond donors (Lipinski definition) is 1. The van der Waals surface area contributed by atoms with Crippen molar-refractivity contribution in [3.8, 4) is 0 Å². The molecule has 1 aromatic carbocycles. The van der Waals surface area contributed by atoms with Crippen LogP contribution in [0.2, 0.25) is 5.02 Å². The number of benzene rings is 1. The second kappa shape index (κ2) is 6.25. The number of nitrogens with one attached hydrogen (secondary N) is 1. The summed E-state index contributed by atoms with van der Waals surface area (Å²) >= 11 is 6.07. The van der Waals surface area contributed by atoms with Crippen LogP contribution in [0.4, 0.5) is 0 Å². The fourth-order valence-corrected chi connectivity index (χ4v) is 3.05. The van der Waals surface area contributed by atoms with E-state index in [1.165, 1.54) is 11.1 Å². The molecular formula is C16H25ClN2. The van der Waals surface area contributed by atoms with Gasteiger partial charge in [0.15, 0.2) is 0 Å². The van der Waals surface area contributed by atoms with E-state index in [1.807, 2.05) is 6.07 Å². The lowest BCUT2D eigenvalue weighted by molar-refractivity contribution is 0.270. The van der Waals surface area contributed by atoms with E-state index < -0.39 is 0 Å². The standard InChI is InChI=1S/C16H25ClN2/c1-11(2)16(10-19(3)4)18-15-8-12-5-6-14(17)7-13(12)9-15/h5-7,11,15-16,18H,8-10H2,1-4H3. The molecule has 1 aliphatic carbocycles. The Balaban J connectivity index is 1.98. The van der Waals surface area contributed by atoms with Gasteiger partial charge in [-0.3, -0.25) is 0 Å². The van der Waals surface area contributed by atoms with Gasteiger partial charge in [0, 0.05) is 23.7 Å². The maximum absolute atomic E-state index is 6.07. The van der Waals surface area contributed by atoms with Crippen molar-refractivity contribution in [2.45, 2.75) is 38.8 Å². The van der Waals surface area contributed by atoms with Gasteiger partial charge in [0.1, 0.15) is 0 Å². The normalized spacial score (nSPS) is 20.1. The summed E-state index contributed by atoms with van der Waals surface area (Å²) in [6.45, 7) is 5.67. The van der Waals surface area contributed by atoms with E-state index >= 15 is 0 Å². The van der Waals surface area contributed by atoms with Crippen molar-refractivity contribution < 1.29 is 0 Å². The van der Waals surface area contributed by atoms with Gasteiger partial charge in [0.25, 0.3) is 0 Å². The van der Waals surface area contributed by atoms with Crippen LogP contribution in [0, 0.1) is 5.92 Å². The van der Waals surface area contributed by atoms with Gasteiger partial charge in [-0.05, 0) is 56.1 Å². The molecule has 2 unspecified atom stereocenters. The zero-order valence-corrected chi connectivity index (χ0v) is 13.2. The molecule has 3 heteroatoms. The van der Waals surface area contributed by atoms with Crippen molar-refractivity contribution >= 4 is 11.6 Å². The first-order valence-electron chi connectivity index (χ1n) is 7.13. The van der Waals surface area contributed by atoms with Crippen molar-refractivity contribution in [3.63, 3.8) is 0 Å². The van der Waals surface area contributed by atoms with Crippen LogP contribution in [0.25, 0.3) is 0 Å². The zero-order valence-electron chi connectivity index (χ0n) is 12.4. The van der Waals surface area contributed by atoms with Gasteiger partial charge in [-0.2, -0.15) is 0 Å². The highest BCUT2D eigenvalue weighted by molar-refractivity contribution is 6.30. The molecule has 0 saturated heterocycles. The number of nitrogens with zero attached hydrogens (tertiary/aromatic N) is 1. The largest absolute Gasteiger partial charge is 0.309 e. The van der Waals surface area contributed by atoms with Crippen molar-refractivity contribution in [1.82, 2.24) is 10.2 Å². The first-order valence-corrected chi connectivity index (χ1v) is 7.51. The fourth-order valence-electron chi connectivity index (χ4n) is 2.86. The molecule has 1 aliphatic rings. The second-order valence-corrected chi connectivity index (χ2v) is 6.73. The molecule has 2 rings (SSSR count). The molecule has 106 valence electrons. The van der Waals surface area contributed by atoms with Crippen molar-refractivity contribution in [3.05, 3.63) is 34.3 Å². The highest BCUT2D eigenvalue weighted by atomic mass is 35.5. The molecule has 0 aliphatic heterocycles. The molecule has 19 heavy (non-hydrogen) atoms. The maximum Gasteiger partial charge on any atom is 0.0408 e. The van der Waals surface area contributed by atoms with Crippen LogP contribution in [0.15, 0.2) is 18.2 Å². The van der Waals surface area contributed by atoms with Gasteiger partial charge < -0.3 is 10.2 Å². The number of hydrogen-bond acceptors (Lipinski definition) is 2. The van der Waals surface area contributed by atoms with E-state index in [9.17, 15) is 0 Å². The predicted octanol–water partition coefficient (Wildman–Crippen LogP) is 2.98. The Morgan fingerprint density at radius 1 is 1.26 bits per heavy atom. The summed E-state index contributed by atoms with van der Waals surface area (Å²) in [5, 5.41) is 4.68. The lowest BCUT2D eigenvalue weighted by Gasteiger charge is -2.28. The van der Waals surface area contributed by atoms with Gasteiger partial charge in [-0.15, -0.1) is 0 Å². The molecule has 2 atom stereocenters. The highest BCUT2D eigenvalue weighted by Gasteiger charge is 2.25. The van der Waals surface area contributed by atoms with Gasteiger partial charge in [-0.1, -0.05) is 31.5 Å². The smallest absolute Gasteiger partial charge is 0.0408 e. The maximum atomic E-state index is 6.07. The Labute approximate surface area is 122 Å². The van der Waals surface area contributed by atoms with Crippen molar-refractivity contribution in [2.24, 2.45) is 5.92 Å². The third-order valence-electron chi connectivity index (χ3n) is 3.92. The number of likely N-dealkylation sites (N-methyl/N-ethyl adjacent to an activating group) is 1. The monoisotopic (exact) mass is 280 g/mol. The summed E-state index contributed by atoms with van der Waals surface area (Å²) in [5.74, 6) is 0.648. The lowest BCUT2D eigenvalue weighted by atomic mass is 10.0. The Morgan fingerprint density at radius 2 is 1.95 bits per heavy atom. The van der Waals surface area contributed by atoms with Gasteiger partial charge in [0.2, 0.25) is 0 Å². The van der Waals surface area contributed by atoms with Crippen LogP contribution in [-0.2, 0) is 12.8 Å². The molecule has 0 spiro atoms. The molecule has 0 fully saturated rings. The first-order chi connectivity index (χ1) is 8.95. The summed E-state index contributed by atoms with van der Waals surface area (Å²) in [4.78, 5) is 2.26. The minimum atomic E-state index is 0.546. The Bertz CT molecular complexity index is 429. The zero-order chi connectivity index (χ0) is 14.0. The van der Waals surface area contributed by atoms with Gasteiger partial charge >= 0.3 is 0 Å². The third kappa shape index (κ3) is 3.95. The Morgan fingerprint density at radius 3 is 2.58 bits per heavy atom. The summed E-state index contributed by atoms with van der Waals surface area (Å²) in [6, 6.07) is 7.40. The molecule has 2 nitrogen and oxygen atoms in total. The molecule has 1 aromatic rings. The minimum Gasteiger partial charge on any atom is -0.309 e. The van der Waals surface area contributed by atoms with E-state index in [4.69, 9.17) is 11.6 Å². The molecular weight excluding hydrogens is 256 g/mol. The van der Waals surface area contributed by atoms with E-state index in [-0.39, 0.29) is 0 Å². The molecule has 0 aromatic heterocycles. The molecule has 0 heterocycles. The Hall–Kier alpha value is -0.570. The minimum absolute atomic E-state index is 0.546. The third-order valence-corrected chi connectivity index (χ3v) is 4.15. The lowest BCUT2D eigenvalue weighted by Crippen LogP contribution is -2.47. The van der Waals surface area contributed by atoms with E-state index in [2.05, 4.69) is 50.3 Å². The predicted molar refractivity (Wildman–Crippen MR) is 83.0 cm³/mol. The molecule has 0 saturated carbocycles. The van der Waals surface area contributed by atoms with Gasteiger partial charge in [0.05, 0.1) is 0 Å². The molecule has 0 radical (unpaired) electrons. The molecule has 0 amide bonds. The van der Waals surface area contributed by atoms with E-state index in [0.717, 1.165) is 24.4 Å². The summed E-state index contributed by atoms with van der Waals surface area (Å²) in [6.07, 6.45) is 2.23. The van der Waals surface area contributed by atoms with Crippen LogP contribution < -0.4 is 5.32 Å². The number of rotatable bonds is 5. The van der Waals surface area contributed by atoms with Crippen LogP contribution in [-0.4, -0.2) is 37.6 Å². The quantitative estimate of drug-likeness (QED) is 0.892. The second-order valence-electron chi connectivity index (χ2n) is 6.30. The van der Waals surface area contributed by atoms with Crippen molar-refractivity contribution in [1.29, 1.82) is 0 Å². The molecule has 0 bridgehead atoms. The van der Waals surface area contributed by atoms with E-state index in [0.29, 0.717) is 18.0 Å². The number of fused-ring (bicyclic) bond motifs is 1. The van der Waals surface area contributed by atoms with Crippen molar-refractivity contribution in [2.75, 3.05) is 20.6 Å². The van der Waals surface area contributed by atoms with Crippen LogP contribution in [0.1, 0.15) is 25.0 Å². The first kappa shape index (κ1) is 14.8. The Kier molecular flexibility index (Phi) is 4.88. The topological polar surface area (TPSA) is 15.3 Å². The average molecular weight is 281 g/mol. The summed E-state index contributed by atoms with van der Waals surface area (Å²) in [5.41, 5.74) is 2.87. The van der Waals surface area contributed by atoms with Crippen LogP contribution >= 0.6 is 11.6 Å². The SMILES string of the molecule is CC(C)C(CN(C)C)NC1Cc2ccc(Cl)cc2C1. The van der Waals surface area contributed by atoms with Crippen LogP contribution in [0.5, 0.6) is 0 Å². The summed E-state index contributed by atoms with van der Waals surface area (Å²) in [7, 11) is 4.28. The number of halogens is 1.